The van der Waals surface area contributed by atoms with Gasteiger partial charge >= 0.3 is 0 Å². The van der Waals surface area contributed by atoms with Crippen molar-refractivity contribution in [2.75, 3.05) is 5.32 Å². The van der Waals surface area contributed by atoms with E-state index in [-0.39, 0.29) is 0 Å². The first-order valence-corrected chi connectivity index (χ1v) is 6.71. The summed E-state index contributed by atoms with van der Waals surface area (Å²) in [5, 5.41) is 4.45. The van der Waals surface area contributed by atoms with Crippen LogP contribution >= 0.6 is 0 Å². The van der Waals surface area contributed by atoms with Crippen LogP contribution in [0.1, 0.15) is 22.6 Å². The van der Waals surface area contributed by atoms with Crippen molar-refractivity contribution in [3.05, 3.63) is 46.9 Å². The zero-order valence-corrected chi connectivity index (χ0v) is 12.2. The summed E-state index contributed by atoms with van der Waals surface area (Å²) in [5.74, 6) is 1.61. The number of anilines is 2. The highest BCUT2D eigenvalue weighted by molar-refractivity contribution is 5.90. The molecule has 20 heavy (non-hydrogen) atoms. The molecule has 3 rings (SSSR count). The van der Waals surface area contributed by atoms with Gasteiger partial charge in [-0.1, -0.05) is 17.7 Å². The number of hydrogen-bond acceptors (Lipinski definition) is 3. The van der Waals surface area contributed by atoms with Gasteiger partial charge in [0.15, 0.2) is 0 Å². The number of fused-ring (bicyclic) bond motifs is 1. The van der Waals surface area contributed by atoms with Gasteiger partial charge in [-0.05, 0) is 45.4 Å². The average Bonchev–Trinajstić information content (AvgIpc) is 2.73. The van der Waals surface area contributed by atoms with E-state index in [9.17, 15) is 0 Å². The summed E-state index contributed by atoms with van der Waals surface area (Å²) in [7, 11) is 0. The lowest BCUT2D eigenvalue weighted by atomic mass is 10.1. The van der Waals surface area contributed by atoms with Crippen LogP contribution in [0.15, 0.2) is 24.3 Å². The van der Waals surface area contributed by atoms with Crippen LogP contribution in [0.2, 0.25) is 0 Å². The third kappa shape index (κ3) is 2.25. The molecule has 0 radical (unpaired) electrons. The fourth-order valence-corrected chi connectivity index (χ4v) is 2.43. The van der Waals surface area contributed by atoms with Gasteiger partial charge in [-0.25, -0.2) is 9.97 Å². The Morgan fingerprint density at radius 1 is 1.00 bits per heavy atom. The Bertz CT molecular complexity index is 787. The topological polar surface area (TPSA) is 53.6 Å². The molecule has 0 saturated carbocycles. The number of rotatable bonds is 2. The van der Waals surface area contributed by atoms with E-state index in [0.29, 0.717) is 0 Å². The standard InChI is InChI=1S/C16H18N4/c1-9-5-6-14(10(2)7-9)20-16-13-8-11(3)17-15(13)18-12(4)19-16/h5-8H,1-4H3,(H2,17,18,19,20). The van der Waals surface area contributed by atoms with E-state index in [1.165, 1.54) is 11.1 Å². The molecule has 0 aliphatic carbocycles. The molecular formula is C16H18N4. The Kier molecular flexibility index (Phi) is 2.93. The Labute approximate surface area is 118 Å². The number of nitrogens with one attached hydrogen (secondary N) is 2. The van der Waals surface area contributed by atoms with Crippen LogP contribution in [0.4, 0.5) is 11.5 Å². The maximum atomic E-state index is 4.53. The molecule has 0 fully saturated rings. The number of H-pyrrole nitrogens is 1. The van der Waals surface area contributed by atoms with Crippen molar-refractivity contribution >= 4 is 22.5 Å². The lowest BCUT2D eigenvalue weighted by Gasteiger charge is -2.10. The summed E-state index contributed by atoms with van der Waals surface area (Å²) in [4.78, 5) is 12.2. The molecule has 2 N–H and O–H groups in total. The molecule has 0 atom stereocenters. The largest absolute Gasteiger partial charge is 0.343 e. The minimum absolute atomic E-state index is 0.756. The first-order valence-electron chi connectivity index (χ1n) is 6.71. The van der Waals surface area contributed by atoms with Crippen molar-refractivity contribution < 1.29 is 0 Å². The number of nitrogens with zero attached hydrogens (tertiary/aromatic N) is 2. The SMILES string of the molecule is Cc1ccc(Nc2nc(C)nc3[nH]c(C)cc23)c(C)c1. The molecule has 2 heterocycles. The summed E-state index contributed by atoms with van der Waals surface area (Å²) in [5.41, 5.74) is 5.51. The fourth-order valence-electron chi connectivity index (χ4n) is 2.43. The van der Waals surface area contributed by atoms with Gasteiger partial charge in [-0.3, -0.25) is 0 Å². The summed E-state index contributed by atoms with van der Waals surface area (Å²) in [6.07, 6.45) is 0. The predicted molar refractivity (Wildman–Crippen MR) is 82.6 cm³/mol. The molecule has 2 aromatic heterocycles. The van der Waals surface area contributed by atoms with Crippen LogP contribution in [0.5, 0.6) is 0 Å². The Hall–Kier alpha value is -2.36. The molecule has 4 nitrogen and oxygen atoms in total. The van der Waals surface area contributed by atoms with E-state index < -0.39 is 0 Å². The van der Waals surface area contributed by atoms with E-state index in [0.717, 1.165) is 34.1 Å². The van der Waals surface area contributed by atoms with Crippen molar-refractivity contribution in [3.8, 4) is 0 Å². The molecular weight excluding hydrogens is 248 g/mol. The van der Waals surface area contributed by atoms with Crippen molar-refractivity contribution in [2.24, 2.45) is 0 Å². The van der Waals surface area contributed by atoms with Crippen molar-refractivity contribution in [2.45, 2.75) is 27.7 Å². The second-order valence-electron chi connectivity index (χ2n) is 5.28. The van der Waals surface area contributed by atoms with Gasteiger partial charge in [0.05, 0.1) is 5.39 Å². The summed E-state index contributed by atoms with van der Waals surface area (Å²) >= 11 is 0. The number of aromatic nitrogens is 3. The van der Waals surface area contributed by atoms with Crippen molar-refractivity contribution in [1.29, 1.82) is 0 Å². The lowest BCUT2D eigenvalue weighted by molar-refractivity contribution is 1.08. The summed E-state index contributed by atoms with van der Waals surface area (Å²) < 4.78 is 0. The highest BCUT2D eigenvalue weighted by atomic mass is 15.1. The molecule has 102 valence electrons. The zero-order chi connectivity index (χ0) is 14.3. The molecule has 0 unspecified atom stereocenters. The van der Waals surface area contributed by atoms with E-state index in [1.807, 2.05) is 13.8 Å². The highest BCUT2D eigenvalue weighted by Gasteiger charge is 2.09. The Balaban J connectivity index is 2.10. The van der Waals surface area contributed by atoms with Gasteiger partial charge in [-0.2, -0.15) is 0 Å². The molecule has 0 spiro atoms. The normalized spacial score (nSPS) is 11.0. The lowest BCUT2D eigenvalue weighted by Crippen LogP contribution is -1.99. The number of aromatic amines is 1. The third-order valence-electron chi connectivity index (χ3n) is 3.37. The summed E-state index contributed by atoms with van der Waals surface area (Å²) in [6.45, 7) is 8.13. The maximum Gasteiger partial charge on any atom is 0.143 e. The number of hydrogen-bond donors (Lipinski definition) is 2. The quantitative estimate of drug-likeness (QED) is 0.738. The molecule has 0 saturated heterocycles. The molecule has 0 aliphatic rings. The number of benzene rings is 1. The maximum absolute atomic E-state index is 4.53. The Morgan fingerprint density at radius 2 is 1.80 bits per heavy atom. The smallest absolute Gasteiger partial charge is 0.143 e. The molecule has 0 aliphatic heterocycles. The number of aryl methyl sites for hydroxylation is 4. The van der Waals surface area contributed by atoms with Crippen LogP contribution in [-0.2, 0) is 0 Å². The van der Waals surface area contributed by atoms with Crippen LogP contribution in [0.25, 0.3) is 11.0 Å². The Morgan fingerprint density at radius 3 is 2.55 bits per heavy atom. The molecule has 3 aromatic rings. The van der Waals surface area contributed by atoms with Crippen LogP contribution in [-0.4, -0.2) is 15.0 Å². The van der Waals surface area contributed by atoms with Crippen LogP contribution < -0.4 is 5.32 Å². The van der Waals surface area contributed by atoms with Gasteiger partial charge in [0, 0.05) is 11.4 Å². The van der Waals surface area contributed by atoms with Crippen LogP contribution in [0.3, 0.4) is 0 Å². The molecule has 1 aromatic carbocycles. The molecule has 0 bridgehead atoms. The van der Waals surface area contributed by atoms with Gasteiger partial charge < -0.3 is 10.3 Å². The van der Waals surface area contributed by atoms with E-state index in [2.05, 4.69) is 58.4 Å². The van der Waals surface area contributed by atoms with Gasteiger partial charge in [-0.15, -0.1) is 0 Å². The zero-order valence-electron chi connectivity index (χ0n) is 12.2. The van der Waals surface area contributed by atoms with Gasteiger partial charge in [0.25, 0.3) is 0 Å². The molecule has 0 amide bonds. The second-order valence-corrected chi connectivity index (χ2v) is 5.28. The third-order valence-corrected chi connectivity index (χ3v) is 3.37. The monoisotopic (exact) mass is 266 g/mol. The first-order chi connectivity index (χ1) is 9.52. The predicted octanol–water partition coefficient (Wildman–Crippen LogP) is 3.94. The molecule has 4 heteroatoms. The van der Waals surface area contributed by atoms with Crippen molar-refractivity contribution in [3.63, 3.8) is 0 Å². The average molecular weight is 266 g/mol. The highest BCUT2D eigenvalue weighted by Crippen LogP contribution is 2.26. The minimum Gasteiger partial charge on any atom is -0.343 e. The second kappa shape index (κ2) is 4.63. The minimum atomic E-state index is 0.756. The van der Waals surface area contributed by atoms with Gasteiger partial charge in [0.2, 0.25) is 0 Å². The van der Waals surface area contributed by atoms with E-state index >= 15 is 0 Å². The first kappa shape index (κ1) is 12.7. The van der Waals surface area contributed by atoms with Crippen LogP contribution in [0, 0.1) is 27.7 Å². The summed E-state index contributed by atoms with van der Waals surface area (Å²) in [6, 6.07) is 8.42. The van der Waals surface area contributed by atoms with E-state index in [4.69, 9.17) is 0 Å². The van der Waals surface area contributed by atoms with Crippen molar-refractivity contribution in [1.82, 2.24) is 15.0 Å². The van der Waals surface area contributed by atoms with Gasteiger partial charge in [0.1, 0.15) is 17.3 Å². The fraction of sp³-hybridized carbons (Fsp3) is 0.250. The van der Waals surface area contributed by atoms with E-state index in [1.54, 1.807) is 0 Å².